The summed E-state index contributed by atoms with van der Waals surface area (Å²) in [5.41, 5.74) is 0.990. The van der Waals surface area contributed by atoms with Crippen molar-refractivity contribution in [3.8, 4) is 0 Å². The van der Waals surface area contributed by atoms with Crippen LogP contribution in [-0.4, -0.2) is 28.9 Å². The molecule has 0 saturated heterocycles. The van der Waals surface area contributed by atoms with Crippen LogP contribution < -0.4 is 5.32 Å². The van der Waals surface area contributed by atoms with E-state index in [1.807, 2.05) is 30.3 Å². The summed E-state index contributed by atoms with van der Waals surface area (Å²) in [4.78, 5) is 21.9. The largest absolute Gasteiger partial charge is 0.480 e. The van der Waals surface area contributed by atoms with E-state index >= 15 is 0 Å². The maximum atomic E-state index is 11.6. The van der Waals surface area contributed by atoms with Gasteiger partial charge in [-0.3, -0.25) is 9.59 Å². The summed E-state index contributed by atoms with van der Waals surface area (Å²) in [6, 6.07) is 9.45. The van der Waals surface area contributed by atoms with Crippen molar-refractivity contribution in [2.24, 2.45) is 5.92 Å². The van der Waals surface area contributed by atoms with Crippen molar-refractivity contribution in [1.82, 2.24) is 5.32 Å². The van der Waals surface area contributed by atoms with E-state index in [0.717, 1.165) is 5.56 Å². The quantitative estimate of drug-likeness (QED) is 0.742. The Morgan fingerprint density at radius 2 is 2.00 bits per heavy atom. The maximum absolute atomic E-state index is 11.6. The third kappa shape index (κ3) is 4.74. The Morgan fingerprint density at radius 1 is 1.35 bits per heavy atom. The number of amides is 1. The van der Waals surface area contributed by atoms with Gasteiger partial charge in [0.1, 0.15) is 6.54 Å². The van der Waals surface area contributed by atoms with Gasteiger partial charge in [-0.2, -0.15) is 0 Å². The molecule has 0 bridgehead atoms. The highest BCUT2D eigenvalue weighted by atomic mass is 32.1. The Labute approximate surface area is 105 Å². The average Bonchev–Trinajstić information content (AvgIpc) is 2.34. The normalized spacial score (nSPS) is 11.5. The van der Waals surface area contributed by atoms with Gasteiger partial charge in [0.05, 0.1) is 5.92 Å². The van der Waals surface area contributed by atoms with Crippen LogP contribution >= 0.6 is 12.2 Å². The van der Waals surface area contributed by atoms with Crippen LogP contribution in [0.4, 0.5) is 0 Å². The number of carboxylic acids is 1. The summed E-state index contributed by atoms with van der Waals surface area (Å²) in [6.07, 6.45) is 0.482. The van der Waals surface area contributed by atoms with Crippen molar-refractivity contribution in [1.29, 1.82) is 0 Å². The third-order valence-corrected chi connectivity index (χ3v) is 2.54. The first-order chi connectivity index (χ1) is 8.13. The van der Waals surface area contributed by atoms with E-state index in [4.69, 9.17) is 17.3 Å². The highest BCUT2D eigenvalue weighted by Crippen LogP contribution is 2.07. The number of hydrogen-bond donors (Lipinski definition) is 2. The number of rotatable bonds is 6. The summed E-state index contributed by atoms with van der Waals surface area (Å²) in [5.74, 6) is -1.90. The van der Waals surface area contributed by atoms with Crippen LogP contribution in [0.25, 0.3) is 0 Å². The van der Waals surface area contributed by atoms with E-state index in [1.54, 1.807) is 0 Å². The van der Waals surface area contributed by atoms with Gasteiger partial charge in [-0.15, -0.1) is 0 Å². The molecular weight excluding hydrogens is 238 g/mol. The van der Waals surface area contributed by atoms with Crippen molar-refractivity contribution in [2.75, 3.05) is 6.54 Å². The van der Waals surface area contributed by atoms with Gasteiger partial charge in [0.25, 0.3) is 0 Å². The molecule has 0 fully saturated rings. The lowest BCUT2D eigenvalue weighted by Crippen LogP contribution is -2.35. The molecule has 0 aromatic heterocycles. The van der Waals surface area contributed by atoms with Crippen molar-refractivity contribution >= 4 is 29.5 Å². The highest BCUT2D eigenvalue weighted by molar-refractivity contribution is 7.79. The first-order valence-electron chi connectivity index (χ1n) is 5.12. The molecule has 1 amide bonds. The van der Waals surface area contributed by atoms with Gasteiger partial charge in [0, 0.05) is 0 Å². The number of hydrogen-bond acceptors (Lipinski definition) is 3. The number of carbonyl (C=O) groups excluding carboxylic acids is 1. The van der Waals surface area contributed by atoms with Gasteiger partial charge in [-0.05, 0) is 17.4 Å². The molecule has 5 heteroatoms. The fourth-order valence-electron chi connectivity index (χ4n) is 1.36. The summed E-state index contributed by atoms with van der Waals surface area (Å²) in [7, 11) is 0. The van der Waals surface area contributed by atoms with Gasteiger partial charge >= 0.3 is 5.97 Å². The van der Waals surface area contributed by atoms with Gasteiger partial charge < -0.3 is 10.4 Å². The van der Waals surface area contributed by atoms with Crippen LogP contribution in [0.2, 0.25) is 0 Å². The number of aliphatic carboxylic acids is 1. The molecule has 0 radical (unpaired) electrons. The Morgan fingerprint density at radius 3 is 2.53 bits per heavy atom. The molecule has 0 spiro atoms. The second kappa shape index (κ2) is 6.75. The number of benzene rings is 1. The van der Waals surface area contributed by atoms with E-state index in [1.165, 1.54) is 5.37 Å². The van der Waals surface area contributed by atoms with Gasteiger partial charge in [0.15, 0.2) is 0 Å². The molecule has 1 rings (SSSR count). The third-order valence-electron chi connectivity index (χ3n) is 2.21. The number of carbonyl (C=O) groups is 2. The van der Waals surface area contributed by atoms with E-state index in [0.29, 0.717) is 6.42 Å². The zero-order valence-electron chi connectivity index (χ0n) is 9.13. The van der Waals surface area contributed by atoms with E-state index in [2.05, 4.69) is 5.32 Å². The summed E-state index contributed by atoms with van der Waals surface area (Å²) >= 11 is 4.80. The molecule has 90 valence electrons. The molecule has 1 aromatic carbocycles. The molecule has 1 atom stereocenters. The monoisotopic (exact) mass is 251 g/mol. The summed E-state index contributed by atoms with van der Waals surface area (Å²) in [5, 5.41) is 12.1. The first-order valence-corrected chi connectivity index (χ1v) is 5.59. The highest BCUT2D eigenvalue weighted by Gasteiger charge is 2.16. The predicted octanol–water partition coefficient (Wildman–Crippen LogP) is 1.05. The summed E-state index contributed by atoms with van der Waals surface area (Å²) < 4.78 is 0. The topological polar surface area (TPSA) is 66.4 Å². The average molecular weight is 251 g/mol. The van der Waals surface area contributed by atoms with Crippen molar-refractivity contribution in [3.05, 3.63) is 35.9 Å². The minimum absolute atomic E-state index is 0.355. The molecule has 0 aliphatic rings. The van der Waals surface area contributed by atoms with Crippen LogP contribution in [0.3, 0.4) is 0 Å². The lowest BCUT2D eigenvalue weighted by atomic mass is 10.0. The Kier molecular flexibility index (Phi) is 5.29. The Balaban J connectivity index is 2.56. The second-order valence-electron chi connectivity index (χ2n) is 3.54. The standard InChI is InChI=1S/C12H13NO3S/c14-11(15)7-13-12(16)10(8-17)6-9-4-2-1-3-5-9/h1-5,8,10H,6-7H2,(H,13,16)(H,14,15). The van der Waals surface area contributed by atoms with Gasteiger partial charge in [-0.1, -0.05) is 42.5 Å². The number of nitrogens with one attached hydrogen (secondary N) is 1. The van der Waals surface area contributed by atoms with Gasteiger partial charge in [-0.25, -0.2) is 0 Å². The molecule has 1 aromatic rings. The van der Waals surface area contributed by atoms with Crippen LogP contribution in [-0.2, 0) is 16.0 Å². The predicted molar refractivity (Wildman–Crippen MR) is 67.9 cm³/mol. The van der Waals surface area contributed by atoms with Crippen molar-refractivity contribution in [2.45, 2.75) is 6.42 Å². The van der Waals surface area contributed by atoms with Crippen LogP contribution in [0, 0.1) is 5.92 Å². The molecule has 17 heavy (non-hydrogen) atoms. The number of thiocarbonyl (C=S) groups is 1. The molecule has 2 N–H and O–H groups in total. The smallest absolute Gasteiger partial charge is 0.322 e. The summed E-state index contributed by atoms with van der Waals surface area (Å²) in [6.45, 7) is -0.382. The molecule has 0 saturated carbocycles. The molecular formula is C12H13NO3S. The minimum atomic E-state index is -1.07. The minimum Gasteiger partial charge on any atom is -0.480 e. The number of carboxylic acid groups (broad SMARTS) is 1. The first kappa shape index (κ1) is 13.3. The van der Waals surface area contributed by atoms with E-state index in [9.17, 15) is 9.59 Å². The molecule has 0 heterocycles. The van der Waals surface area contributed by atoms with Crippen molar-refractivity contribution < 1.29 is 14.7 Å². The second-order valence-corrected chi connectivity index (χ2v) is 3.82. The van der Waals surface area contributed by atoms with Crippen LogP contribution in [0.1, 0.15) is 5.56 Å². The lowest BCUT2D eigenvalue weighted by Gasteiger charge is -2.11. The Hall–Kier alpha value is -1.75. The molecule has 0 aliphatic carbocycles. The maximum Gasteiger partial charge on any atom is 0.322 e. The Bertz CT molecular complexity index is 405. The molecule has 0 aliphatic heterocycles. The van der Waals surface area contributed by atoms with Crippen LogP contribution in [0.15, 0.2) is 30.3 Å². The zero-order chi connectivity index (χ0) is 12.7. The van der Waals surface area contributed by atoms with E-state index in [-0.39, 0.29) is 12.5 Å². The molecule has 1 unspecified atom stereocenters. The zero-order valence-corrected chi connectivity index (χ0v) is 9.94. The van der Waals surface area contributed by atoms with E-state index < -0.39 is 11.9 Å². The van der Waals surface area contributed by atoms with Gasteiger partial charge in [0.2, 0.25) is 5.91 Å². The molecule has 4 nitrogen and oxygen atoms in total. The SMILES string of the molecule is O=C(O)CNC(=O)C(C=S)Cc1ccccc1. The lowest BCUT2D eigenvalue weighted by molar-refractivity contribution is -0.138. The van der Waals surface area contributed by atoms with Crippen LogP contribution in [0.5, 0.6) is 0 Å². The fourth-order valence-corrected chi connectivity index (χ4v) is 1.58. The van der Waals surface area contributed by atoms with Crippen molar-refractivity contribution in [3.63, 3.8) is 0 Å². The fraction of sp³-hybridized carbons (Fsp3) is 0.250.